The average molecular weight is 340 g/mol. The maximum Gasteiger partial charge on any atom is 0.328 e. The van der Waals surface area contributed by atoms with Gasteiger partial charge in [0.15, 0.2) is 0 Å². The van der Waals surface area contributed by atoms with Crippen molar-refractivity contribution >= 4 is 40.2 Å². The zero-order valence-corrected chi connectivity index (χ0v) is 13.6. The molecule has 1 aromatic heterocycles. The van der Waals surface area contributed by atoms with Gasteiger partial charge >= 0.3 is 6.03 Å². The Balaban J connectivity index is 1.83. The molecule has 6 nitrogen and oxygen atoms in total. The molecule has 1 fully saturated rings. The summed E-state index contributed by atoms with van der Waals surface area (Å²) >= 11 is 5.99. The minimum atomic E-state index is -0.319. The van der Waals surface area contributed by atoms with Crippen molar-refractivity contribution in [2.45, 2.75) is 6.04 Å². The van der Waals surface area contributed by atoms with Gasteiger partial charge in [-0.15, -0.1) is 0 Å². The number of halogens is 1. The van der Waals surface area contributed by atoms with Crippen LogP contribution in [0.3, 0.4) is 0 Å². The third kappa shape index (κ3) is 2.32. The topological polar surface area (TPSA) is 73.4 Å². The molecule has 120 valence electrons. The van der Waals surface area contributed by atoms with Crippen LogP contribution in [0.25, 0.3) is 11.0 Å². The van der Waals surface area contributed by atoms with Crippen LogP contribution in [0.1, 0.15) is 11.6 Å². The molecule has 1 aliphatic heterocycles. The normalized spacial score (nSPS) is 19.2. The van der Waals surface area contributed by atoms with Crippen molar-refractivity contribution in [2.75, 3.05) is 11.9 Å². The van der Waals surface area contributed by atoms with Crippen molar-refractivity contribution in [1.29, 1.82) is 0 Å². The molecule has 2 heterocycles. The van der Waals surface area contributed by atoms with Gasteiger partial charge in [-0.05, 0) is 35.9 Å². The largest absolute Gasteiger partial charge is 0.345 e. The third-order valence-electron chi connectivity index (χ3n) is 4.08. The van der Waals surface area contributed by atoms with E-state index >= 15 is 0 Å². The Morgan fingerprint density at radius 1 is 1.21 bits per heavy atom. The number of aromatic nitrogens is 2. The van der Waals surface area contributed by atoms with Crippen LogP contribution in [0.5, 0.6) is 0 Å². The lowest BCUT2D eigenvalue weighted by atomic mass is 10.0. The molecule has 0 radical (unpaired) electrons. The molecule has 1 aliphatic rings. The molecule has 1 saturated heterocycles. The lowest BCUT2D eigenvalue weighted by molar-refractivity contribution is 0.252. The van der Waals surface area contributed by atoms with E-state index in [1.807, 2.05) is 42.5 Å². The molecule has 0 spiro atoms. The van der Waals surface area contributed by atoms with Gasteiger partial charge in [0.2, 0.25) is 0 Å². The number of fused-ring (bicyclic) bond motifs is 1. The molecule has 1 atom stereocenters. The number of nitrogens with one attached hydrogen (secondary N) is 2. The van der Waals surface area contributed by atoms with E-state index in [0.717, 1.165) is 22.3 Å². The number of amidine groups is 1. The fraction of sp³-hybridized carbons (Fsp3) is 0.118. The van der Waals surface area contributed by atoms with Crippen LogP contribution in [-0.4, -0.2) is 28.9 Å². The molecule has 24 heavy (non-hydrogen) atoms. The van der Waals surface area contributed by atoms with Crippen LogP contribution in [0.15, 0.2) is 53.8 Å². The smallest absolute Gasteiger partial charge is 0.328 e. The number of urea groups is 1. The first-order valence-electron chi connectivity index (χ1n) is 7.43. The van der Waals surface area contributed by atoms with Gasteiger partial charge in [-0.2, -0.15) is 0 Å². The highest BCUT2D eigenvalue weighted by atomic mass is 35.5. The van der Waals surface area contributed by atoms with Gasteiger partial charge in [0.25, 0.3) is 0 Å². The van der Waals surface area contributed by atoms with E-state index in [0.29, 0.717) is 10.9 Å². The van der Waals surface area contributed by atoms with Crippen LogP contribution >= 0.6 is 11.6 Å². The fourth-order valence-corrected chi connectivity index (χ4v) is 3.07. The van der Waals surface area contributed by atoms with E-state index in [4.69, 9.17) is 11.6 Å². The Hall–Kier alpha value is -2.86. The maximum atomic E-state index is 12.6. The SMILES string of the molecule is CN=C1NC(=O)N(c2ccc3nc[nH]c3c2)C1c1ccc(Cl)cc1. The summed E-state index contributed by atoms with van der Waals surface area (Å²) in [5.41, 5.74) is 3.42. The van der Waals surface area contributed by atoms with Crippen LogP contribution in [0, 0.1) is 0 Å². The highest BCUT2D eigenvalue weighted by molar-refractivity contribution is 6.30. The average Bonchev–Trinajstić information content (AvgIpc) is 3.18. The Kier molecular flexibility index (Phi) is 3.46. The van der Waals surface area contributed by atoms with Crippen LogP contribution < -0.4 is 10.2 Å². The third-order valence-corrected chi connectivity index (χ3v) is 4.33. The quantitative estimate of drug-likeness (QED) is 0.749. The molecule has 2 N–H and O–H groups in total. The minimum Gasteiger partial charge on any atom is -0.345 e. The molecular formula is C17H14ClN5O. The number of hydrogen-bond acceptors (Lipinski definition) is 3. The predicted octanol–water partition coefficient (Wildman–Crippen LogP) is 3.52. The van der Waals surface area contributed by atoms with E-state index in [1.54, 1.807) is 18.3 Å². The minimum absolute atomic E-state index is 0.214. The number of aromatic amines is 1. The lowest BCUT2D eigenvalue weighted by Crippen LogP contribution is -2.29. The molecule has 2 amide bonds. The Bertz CT molecular complexity index is 947. The molecule has 1 unspecified atom stereocenters. The maximum absolute atomic E-state index is 12.6. The summed E-state index contributed by atoms with van der Waals surface area (Å²) in [6.45, 7) is 0. The van der Waals surface area contributed by atoms with Gasteiger partial charge in [-0.3, -0.25) is 15.2 Å². The van der Waals surface area contributed by atoms with Crippen LogP contribution in [0.2, 0.25) is 5.02 Å². The number of amides is 2. The van der Waals surface area contributed by atoms with Crippen molar-refractivity contribution < 1.29 is 4.79 Å². The Morgan fingerprint density at radius 3 is 2.75 bits per heavy atom. The molecule has 7 heteroatoms. The predicted molar refractivity (Wildman–Crippen MR) is 94.7 cm³/mol. The van der Waals surface area contributed by atoms with Crippen LogP contribution in [0.4, 0.5) is 10.5 Å². The van der Waals surface area contributed by atoms with E-state index < -0.39 is 0 Å². The zero-order chi connectivity index (χ0) is 16.7. The number of carbonyl (C=O) groups is 1. The first-order chi connectivity index (χ1) is 11.7. The van der Waals surface area contributed by atoms with Crippen LogP contribution in [-0.2, 0) is 0 Å². The van der Waals surface area contributed by atoms with Crippen molar-refractivity contribution in [3.8, 4) is 0 Å². The first kappa shape index (κ1) is 14.7. The molecule has 3 aromatic rings. The molecular weight excluding hydrogens is 326 g/mol. The van der Waals surface area contributed by atoms with Crippen molar-refractivity contribution in [3.05, 3.63) is 59.4 Å². The van der Waals surface area contributed by atoms with Crippen molar-refractivity contribution in [1.82, 2.24) is 15.3 Å². The lowest BCUT2D eigenvalue weighted by Gasteiger charge is -2.23. The number of nitrogens with zero attached hydrogens (tertiary/aromatic N) is 3. The number of benzene rings is 2. The zero-order valence-electron chi connectivity index (χ0n) is 12.8. The summed E-state index contributed by atoms with van der Waals surface area (Å²) in [6.07, 6.45) is 1.63. The Morgan fingerprint density at radius 2 is 2.00 bits per heavy atom. The van der Waals surface area contributed by atoms with E-state index in [-0.39, 0.29) is 12.1 Å². The van der Waals surface area contributed by atoms with E-state index in [9.17, 15) is 4.79 Å². The summed E-state index contributed by atoms with van der Waals surface area (Å²) in [5, 5.41) is 3.48. The monoisotopic (exact) mass is 339 g/mol. The molecule has 0 bridgehead atoms. The van der Waals surface area contributed by atoms with E-state index in [1.165, 1.54) is 0 Å². The summed E-state index contributed by atoms with van der Waals surface area (Å²) in [4.78, 5) is 25.8. The Labute approximate surface area is 143 Å². The standard InChI is InChI=1S/C17H14ClN5O/c1-19-16-15(10-2-4-11(18)5-3-10)23(17(24)22-16)12-6-7-13-14(8-12)21-9-20-13/h2-9,15H,1H3,(H,20,21)(H,19,22,24). The molecule has 0 saturated carbocycles. The second kappa shape index (κ2) is 5.65. The van der Waals surface area contributed by atoms with Gasteiger partial charge in [0, 0.05) is 17.8 Å². The van der Waals surface area contributed by atoms with Gasteiger partial charge in [-0.1, -0.05) is 23.7 Å². The number of carbonyl (C=O) groups excluding carboxylic acids is 1. The van der Waals surface area contributed by atoms with E-state index in [2.05, 4.69) is 20.3 Å². The number of hydrogen-bond donors (Lipinski definition) is 2. The molecule has 0 aliphatic carbocycles. The number of rotatable bonds is 2. The summed E-state index contributed by atoms with van der Waals surface area (Å²) in [7, 11) is 1.67. The summed E-state index contributed by atoms with van der Waals surface area (Å²) < 4.78 is 0. The summed E-state index contributed by atoms with van der Waals surface area (Å²) in [5.74, 6) is 0.604. The van der Waals surface area contributed by atoms with Crippen molar-refractivity contribution in [3.63, 3.8) is 0 Å². The number of aliphatic imine (C=N–C) groups is 1. The highest BCUT2D eigenvalue weighted by Gasteiger charge is 2.38. The van der Waals surface area contributed by atoms with Gasteiger partial charge in [0.1, 0.15) is 11.9 Å². The second-order valence-corrected chi connectivity index (χ2v) is 5.90. The number of imidazole rings is 1. The number of H-pyrrole nitrogens is 1. The fourth-order valence-electron chi connectivity index (χ4n) is 2.95. The molecule has 4 rings (SSSR count). The van der Waals surface area contributed by atoms with Gasteiger partial charge in [0.05, 0.1) is 17.4 Å². The van der Waals surface area contributed by atoms with Gasteiger partial charge < -0.3 is 4.98 Å². The second-order valence-electron chi connectivity index (χ2n) is 5.47. The van der Waals surface area contributed by atoms with Gasteiger partial charge in [-0.25, -0.2) is 9.78 Å². The summed E-state index contributed by atoms with van der Waals surface area (Å²) in [6, 6.07) is 12.6. The number of anilines is 1. The highest BCUT2D eigenvalue weighted by Crippen LogP contribution is 2.33. The first-order valence-corrected chi connectivity index (χ1v) is 7.80. The van der Waals surface area contributed by atoms with Crippen molar-refractivity contribution in [2.24, 2.45) is 4.99 Å². The molecule has 2 aromatic carbocycles.